The minimum absolute atomic E-state index is 0.0925. The summed E-state index contributed by atoms with van der Waals surface area (Å²) in [7, 11) is 0. The third-order valence-electron chi connectivity index (χ3n) is 4.81. The van der Waals surface area contributed by atoms with Crippen LogP contribution < -0.4 is 5.73 Å². The maximum Gasteiger partial charge on any atom is 0.0729 e. The largest absolute Gasteiger partial charge is 0.374 e. The van der Waals surface area contributed by atoms with Gasteiger partial charge in [0.05, 0.1) is 24.9 Å². The Morgan fingerprint density at radius 3 is 2.25 bits per heavy atom. The predicted molar refractivity (Wildman–Crippen MR) is 84.8 cm³/mol. The second-order valence-corrected chi connectivity index (χ2v) is 7.89. The molecule has 0 spiro atoms. The molecule has 1 rings (SSSR count). The Bertz CT molecular complexity index is 283. The molecule has 0 bridgehead atoms. The van der Waals surface area contributed by atoms with Gasteiger partial charge in [-0.05, 0) is 51.4 Å². The Morgan fingerprint density at radius 2 is 1.70 bits per heavy atom. The molecular weight excluding hydrogens is 250 g/mol. The molecule has 0 saturated heterocycles. The molecular formula is C17H35NO2. The Morgan fingerprint density at radius 1 is 1.05 bits per heavy atom. The van der Waals surface area contributed by atoms with E-state index in [2.05, 4.69) is 41.5 Å². The van der Waals surface area contributed by atoms with E-state index in [-0.39, 0.29) is 17.7 Å². The van der Waals surface area contributed by atoms with Gasteiger partial charge in [-0.2, -0.15) is 0 Å². The molecule has 0 aromatic rings. The van der Waals surface area contributed by atoms with Gasteiger partial charge in [-0.1, -0.05) is 27.2 Å². The predicted octanol–water partition coefficient (Wildman–Crippen LogP) is 3.75. The van der Waals surface area contributed by atoms with Crippen molar-refractivity contribution >= 4 is 0 Å². The quantitative estimate of drug-likeness (QED) is 0.756. The molecule has 0 aromatic heterocycles. The fourth-order valence-electron chi connectivity index (χ4n) is 2.89. The van der Waals surface area contributed by atoms with Crippen molar-refractivity contribution in [2.75, 3.05) is 13.2 Å². The van der Waals surface area contributed by atoms with Gasteiger partial charge in [0.1, 0.15) is 0 Å². The molecule has 0 amide bonds. The van der Waals surface area contributed by atoms with E-state index in [9.17, 15) is 0 Å². The van der Waals surface area contributed by atoms with Gasteiger partial charge in [-0.25, -0.2) is 0 Å². The first-order chi connectivity index (χ1) is 9.15. The first kappa shape index (κ1) is 17.9. The number of hydrogen-bond acceptors (Lipinski definition) is 3. The van der Waals surface area contributed by atoms with Crippen molar-refractivity contribution in [2.45, 2.75) is 85.0 Å². The summed E-state index contributed by atoms with van der Waals surface area (Å²) in [6.45, 7) is 14.5. The molecule has 0 aliphatic heterocycles. The van der Waals surface area contributed by atoms with E-state index in [1.165, 1.54) is 12.8 Å². The lowest BCUT2D eigenvalue weighted by Crippen LogP contribution is -2.45. The van der Waals surface area contributed by atoms with Crippen LogP contribution in [-0.4, -0.2) is 31.0 Å². The van der Waals surface area contributed by atoms with Gasteiger partial charge in [0.25, 0.3) is 0 Å². The monoisotopic (exact) mass is 285 g/mol. The first-order valence-corrected chi connectivity index (χ1v) is 8.17. The van der Waals surface area contributed by atoms with Gasteiger partial charge in [0.15, 0.2) is 0 Å². The second-order valence-electron chi connectivity index (χ2n) is 7.89. The fourth-order valence-corrected chi connectivity index (χ4v) is 2.89. The zero-order valence-corrected chi connectivity index (χ0v) is 14.4. The Labute approximate surface area is 125 Å². The fraction of sp³-hybridized carbons (Fsp3) is 1.00. The van der Waals surface area contributed by atoms with Crippen molar-refractivity contribution < 1.29 is 9.47 Å². The van der Waals surface area contributed by atoms with Crippen molar-refractivity contribution in [3.05, 3.63) is 0 Å². The van der Waals surface area contributed by atoms with E-state index in [0.29, 0.717) is 18.6 Å². The summed E-state index contributed by atoms with van der Waals surface area (Å²) in [5.74, 6) is 0.723. The molecule has 1 fully saturated rings. The number of ether oxygens (including phenoxy) is 2. The van der Waals surface area contributed by atoms with Gasteiger partial charge < -0.3 is 15.2 Å². The minimum Gasteiger partial charge on any atom is -0.374 e. The third-order valence-corrected chi connectivity index (χ3v) is 4.81. The van der Waals surface area contributed by atoms with E-state index in [4.69, 9.17) is 15.2 Å². The zero-order valence-electron chi connectivity index (χ0n) is 14.4. The van der Waals surface area contributed by atoms with E-state index >= 15 is 0 Å². The maximum atomic E-state index is 6.23. The lowest BCUT2D eigenvalue weighted by Gasteiger charge is -2.42. The van der Waals surface area contributed by atoms with Crippen LogP contribution in [0.25, 0.3) is 0 Å². The molecule has 0 heterocycles. The van der Waals surface area contributed by atoms with E-state index in [1.54, 1.807) is 0 Å². The highest BCUT2D eigenvalue weighted by molar-refractivity contribution is 4.89. The maximum absolute atomic E-state index is 6.23. The SMILES string of the molecule is CCC(C)(C)C1CCC(N)C(OCCOC(C)(C)C)C1. The highest BCUT2D eigenvalue weighted by Crippen LogP contribution is 2.40. The van der Waals surface area contributed by atoms with Gasteiger partial charge in [0, 0.05) is 6.04 Å². The topological polar surface area (TPSA) is 44.5 Å². The highest BCUT2D eigenvalue weighted by atomic mass is 16.5. The van der Waals surface area contributed by atoms with E-state index in [0.717, 1.165) is 18.8 Å². The van der Waals surface area contributed by atoms with Crippen LogP contribution in [0.3, 0.4) is 0 Å². The van der Waals surface area contributed by atoms with Crippen LogP contribution in [0.15, 0.2) is 0 Å². The molecule has 3 atom stereocenters. The summed E-state index contributed by atoms with van der Waals surface area (Å²) in [6, 6.07) is 0.188. The van der Waals surface area contributed by atoms with E-state index in [1.807, 2.05) is 0 Å². The van der Waals surface area contributed by atoms with E-state index < -0.39 is 0 Å². The van der Waals surface area contributed by atoms with Gasteiger partial charge >= 0.3 is 0 Å². The van der Waals surface area contributed by atoms with Crippen LogP contribution in [0.4, 0.5) is 0 Å². The molecule has 1 saturated carbocycles. The summed E-state index contributed by atoms with van der Waals surface area (Å²) in [4.78, 5) is 0. The molecule has 1 aliphatic rings. The first-order valence-electron chi connectivity index (χ1n) is 8.17. The van der Waals surface area contributed by atoms with Crippen molar-refractivity contribution in [3.8, 4) is 0 Å². The lowest BCUT2D eigenvalue weighted by molar-refractivity contribution is -0.0731. The average molecular weight is 285 g/mol. The average Bonchev–Trinajstić information content (AvgIpc) is 2.35. The summed E-state index contributed by atoms with van der Waals surface area (Å²) < 4.78 is 11.7. The molecule has 2 N–H and O–H groups in total. The Balaban J connectivity index is 2.40. The molecule has 3 nitrogen and oxygen atoms in total. The smallest absolute Gasteiger partial charge is 0.0729 e. The Hall–Kier alpha value is -0.120. The van der Waals surface area contributed by atoms with Crippen LogP contribution in [-0.2, 0) is 9.47 Å². The second kappa shape index (κ2) is 7.24. The normalized spacial score (nSPS) is 28.6. The lowest BCUT2D eigenvalue weighted by atomic mass is 9.68. The van der Waals surface area contributed by atoms with Crippen LogP contribution >= 0.6 is 0 Å². The highest BCUT2D eigenvalue weighted by Gasteiger charge is 2.36. The molecule has 3 unspecified atom stereocenters. The molecule has 0 radical (unpaired) electrons. The standard InChI is InChI=1S/C17H35NO2/c1-7-17(5,6)13-8-9-14(18)15(12-13)19-10-11-20-16(2,3)4/h13-15H,7-12,18H2,1-6H3. The van der Waals surface area contributed by atoms with Crippen molar-refractivity contribution in [1.82, 2.24) is 0 Å². The van der Waals surface area contributed by atoms with Crippen LogP contribution in [0, 0.1) is 11.3 Å². The van der Waals surface area contributed by atoms with Gasteiger partial charge in [-0.15, -0.1) is 0 Å². The van der Waals surface area contributed by atoms with Gasteiger partial charge in [0.2, 0.25) is 0 Å². The summed E-state index contributed by atoms with van der Waals surface area (Å²) in [6.07, 6.45) is 4.83. The van der Waals surface area contributed by atoms with Crippen LogP contribution in [0.5, 0.6) is 0 Å². The number of rotatable bonds is 6. The number of nitrogens with two attached hydrogens (primary N) is 1. The molecule has 120 valence electrons. The van der Waals surface area contributed by atoms with Crippen molar-refractivity contribution in [2.24, 2.45) is 17.1 Å². The van der Waals surface area contributed by atoms with Crippen molar-refractivity contribution in [3.63, 3.8) is 0 Å². The van der Waals surface area contributed by atoms with Gasteiger partial charge in [-0.3, -0.25) is 0 Å². The third kappa shape index (κ3) is 5.71. The molecule has 20 heavy (non-hydrogen) atoms. The molecule has 3 heteroatoms. The minimum atomic E-state index is -0.0925. The zero-order chi connectivity index (χ0) is 15.4. The summed E-state index contributed by atoms with van der Waals surface area (Å²) in [5, 5.41) is 0. The molecule has 0 aromatic carbocycles. The van der Waals surface area contributed by atoms with Crippen LogP contribution in [0.2, 0.25) is 0 Å². The summed E-state index contributed by atoms with van der Waals surface area (Å²) in [5.41, 5.74) is 6.53. The molecule has 1 aliphatic carbocycles. The van der Waals surface area contributed by atoms with Crippen LogP contribution in [0.1, 0.15) is 67.2 Å². The summed E-state index contributed by atoms with van der Waals surface area (Å²) >= 11 is 0. The number of hydrogen-bond donors (Lipinski definition) is 1. The van der Waals surface area contributed by atoms with Crippen molar-refractivity contribution in [1.29, 1.82) is 0 Å². The Kier molecular flexibility index (Phi) is 6.49.